The molecule has 2 rings (SSSR count). The summed E-state index contributed by atoms with van der Waals surface area (Å²) in [4.78, 5) is 11.7. The average molecular weight is 321 g/mol. The van der Waals surface area contributed by atoms with Gasteiger partial charge in [-0.3, -0.25) is 0 Å². The van der Waals surface area contributed by atoms with Crippen LogP contribution in [-0.4, -0.2) is 22.4 Å². The molecule has 6 nitrogen and oxygen atoms in total. The highest BCUT2D eigenvalue weighted by Crippen LogP contribution is 2.28. The molecule has 0 aliphatic carbocycles. The van der Waals surface area contributed by atoms with Gasteiger partial charge in [-0.15, -0.1) is 0 Å². The molecule has 0 spiro atoms. The van der Waals surface area contributed by atoms with E-state index in [1.807, 2.05) is 12.1 Å². The number of nitrogen functional groups attached to an aromatic ring is 1. The summed E-state index contributed by atoms with van der Waals surface area (Å²) >= 11 is 5.87. The fourth-order valence-corrected chi connectivity index (χ4v) is 2.07. The molecule has 0 bridgehead atoms. The van der Waals surface area contributed by atoms with Gasteiger partial charge in [0.2, 0.25) is 0 Å². The van der Waals surface area contributed by atoms with E-state index in [1.165, 1.54) is 4.68 Å². The lowest BCUT2D eigenvalue weighted by molar-refractivity contribution is -0.138. The number of carbonyl (C=O) groups excluding carboxylic acids is 1. The van der Waals surface area contributed by atoms with E-state index in [-0.39, 0.29) is 12.3 Å². The van der Waals surface area contributed by atoms with Gasteiger partial charge in [-0.1, -0.05) is 23.7 Å². The van der Waals surface area contributed by atoms with Gasteiger partial charge in [-0.25, -0.2) is 9.48 Å². The highest BCUT2D eigenvalue weighted by molar-refractivity contribution is 6.30. The van der Waals surface area contributed by atoms with Crippen molar-refractivity contribution in [2.24, 2.45) is 5.73 Å². The molecule has 116 valence electrons. The maximum atomic E-state index is 11.7. The highest BCUT2D eigenvalue weighted by atomic mass is 35.5. The Morgan fingerprint density at radius 2 is 2.00 bits per heavy atom. The summed E-state index contributed by atoms with van der Waals surface area (Å²) in [7, 11) is 0. The van der Waals surface area contributed by atoms with Crippen LogP contribution in [0.5, 0.6) is 0 Å². The summed E-state index contributed by atoms with van der Waals surface area (Å²) < 4.78 is 6.29. The van der Waals surface area contributed by atoms with Crippen molar-refractivity contribution >= 4 is 29.1 Å². The molecule has 1 aromatic carbocycles. The summed E-state index contributed by atoms with van der Waals surface area (Å²) in [6.07, 6.45) is 1.61. The minimum atomic E-state index is -0.594. The lowest BCUT2D eigenvalue weighted by Crippen LogP contribution is -2.19. The van der Waals surface area contributed by atoms with Gasteiger partial charge in [0.25, 0.3) is 0 Å². The van der Waals surface area contributed by atoms with E-state index in [4.69, 9.17) is 27.8 Å². The molecule has 0 unspecified atom stereocenters. The van der Waals surface area contributed by atoms with Crippen molar-refractivity contribution in [1.29, 1.82) is 0 Å². The second-order valence-electron chi connectivity index (χ2n) is 4.58. The van der Waals surface area contributed by atoms with Crippen molar-refractivity contribution in [3.05, 3.63) is 41.2 Å². The Morgan fingerprint density at radius 3 is 2.59 bits per heavy atom. The number of esters is 1. The van der Waals surface area contributed by atoms with Crippen molar-refractivity contribution < 1.29 is 9.53 Å². The Labute approximate surface area is 133 Å². The van der Waals surface area contributed by atoms with E-state index in [0.717, 1.165) is 11.1 Å². The molecule has 0 saturated heterocycles. The molecule has 0 fully saturated rings. The van der Waals surface area contributed by atoms with Gasteiger partial charge in [-0.05, 0) is 31.5 Å². The van der Waals surface area contributed by atoms with Crippen LogP contribution in [0.3, 0.4) is 0 Å². The standard InChI is InChI=1S/C15H17ClN4O2/c1-3-22-15(21)13(17)9(2)20-14(18)12(8-19-20)10-4-6-11(16)7-5-10/h4-8H,3,17-18H2,1-2H3/b13-9-. The number of hydrogen-bond acceptors (Lipinski definition) is 5. The Bertz CT molecular complexity index is 720. The molecule has 2 aromatic rings. The first-order valence-electron chi connectivity index (χ1n) is 6.69. The quantitative estimate of drug-likeness (QED) is 0.666. The zero-order valence-corrected chi connectivity index (χ0v) is 13.1. The first-order chi connectivity index (χ1) is 10.5. The highest BCUT2D eigenvalue weighted by Gasteiger charge is 2.16. The molecule has 7 heteroatoms. The Balaban J connectivity index is 2.41. The van der Waals surface area contributed by atoms with Crippen LogP contribution in [0.15, 0.2) is 36.2 Å². The van der Waals surface area contributed by atoms with E-state index < -0.39 is 5.97 Å². The maximum absolute atomic E-state index is 11.7. The number of allylic oxidation sites excluding steroid dienone is 1. The van der Waals surface area contributed by atoms with Gasteiger partial charge in [0.1, 0.15) is 11.5 Å². The Morgan fingerprint density at radius 1 is 1.36 bits per heavy atom. The SMILES string of the molecule is CCOC(=O)/C(N)=C(\C)n1ncc(-c2ccc(Cl)cc2)c1N. The molecule has 0 atom stereocenters. The molecule has 0 aliphatic heterocycles. The summed E-state index contributed by atoms with van der Waals surface area (Å²) in [6, 6.07) is 7.22. The average Bonchev–Trinajstić information content (AvgIpc) is 2.88. The Kier molecular flexibility index (Phi) is 4.72. The maximum Gasteiger partial charge on any atom is 0.356 e. The number of carbonyl (C=O) groups is 1. The minimum Gasteiger partial charge on any atom is -0.461 e. The predicted octanol–water partition coefficient (Wildman–Crippen LogP) is 2.50. The number of benzene rings is 1. The number of nitrogens with two attached hydrogens (primary N) is 2. The lowest BCUT2D eigenvalue weighted by Gasteiger charge is -2.09. The molecule has 4 N–H and O–H groups in total. The van der Waals surface area contributed by atoms with Crippen molar-refractivity contribution in [2.45, 2.75) is 13.8 Å². The molecule has 1 heterocycles. The normalized spacial score (nSPS) is 12.0. The van der Waals surface area contributed by atoms with Crippen LogP contribution in [0, 0.1) is 0 Å². The third kappa shape index (κ3) is 3.07. The van der Waals surface area contributed by atoms with Crippen molar-refractivity contribution in [3.8, 4) is 11.1 Å². The van der Waals surface area contributed by atoms with E-state index >= 15 is 0 Å². The molecular weight excluding hydrogens is 304 g/mol. The largest absolute Gasteiger partial charge is 0.461 e. The van der Waals surface area contributed by atoms with Gasteiger partial charge in [0.05, 0.1) is 18.5 Å². The lowest BCUT2D eigenvalue weighted by atomic mass is 10.1. The third-order valence-electron chi connectivity index (χ3n) is 3.16. The topological polar surface area (TPSA) is 96.2 Å². The first kappa shape index (κ1) is 15.9. The predicted molar refractivity (Wildman–Crippen MR) is 86.8 cm³/mol. The van der Waals surface area contributed by atoms with E-state index in [2.05, 4.69) is 5.10 Å². The van der Waals surface area contributed by atoms with Gasteiger partial charge in [0.15, 0.2) is 0 Å². The van der Waals surface area contributed by atoms with Crippen LogP contribution in [0.2, 0.25) is 5.02 Å². The fraction of sp³-hybridized carbons (Fsp3) is 0.200. The van der Waals surface area contributed by atoms with Crippen LogP contribution in [0.1, 0.15) is 13.8 Å². The summed E-state index contributed by atoms with van der Waals surface area (Å²) in [6.45, 7) is 3.61. The summed E-state index contributed by atoms with van der Waals surface area (Å²) in [5, 5.41) is 4.83. The molecule has 0 saturated carbocycles. The van der Waals surface area contributed by atoms with E-state index in [9.17, 15) is 4.79 Å². The number of rotatable bonds is 4. The van der Waals surface area contributed by atoms with Crippen LogP contribution >= 0.6 is 11.6 Å². The van der Waals surface area contributed by atoms with Crippen molar-refractivity contribution in [3.63, 3.8) is 0 Å². The number of nitrogens with zero attached hydrogens (tertiary/aromatic N) is 2. The fourth-order valence-electron chi connectivity index (χ4n) is 1.95. The second kappa shape index (κ2) is 6.53. The number of ether oxygens (including phenoxy) is 1. The number of hydrogen-bond donors (Lipinski definition) is 2. The van der Waals surface area contributed by atoms with Gasteiger partial charge in [-0.2, -0.15) is 5.10 Å². The molecular formula is C15H17ClN4O2. The van der Waals surface area contributed by atoms with Crippen LogP contribution < -0.4 is 11.5 Å². The van der Waals surface area contributed by atoms with Crippen LogP contribution in [-0.2, 0) is 9.53 Å². The smallest absolute Gasteiger partial charge is 0.356 e. The third-order valence-corrected chi connectivity index (χ3v) is 3.42. The molecule has 1 aromatic heterocycles. The Hall–Kier alpha value is -2.47. The second-order valence-corrected chi connectivity index (χ2v) is 5.02. The number of anilines is 1. The number of aromatic nitrogens is 2. The molecule has 0 amide bonds. The van der Waals surface area contributed by atoms with Gasteiger partial charge in [0, 0.05) is 10.6 Å². The van der Waals surface area contributed by atoms with Crippen molar-refractivity contribution in [1.82, 2.24) is 9.78 Å². The van der Waals surface area contributed by atoms with E-state index in [0.29, 0.717) is 16.5 Å². The molecule has 22 heavy (non-hydrogen) atoms. The van der Waals surface area contributed by atoms with Crippen LogP contribution in [0.25, 0.3) is 16.8 Å². The summed E-state index contributed by atoms with van der Waals surface area (Å²) in [5.74, 6) is -0.213. The van der Waals surface area contributed by atoms with Crippen LogP contribution in [0.4, 0.5) is 5.82 Å². The van der Waals surface area contributed by atoms with Crippen molar-refractivity contribution in [2.75, 3.05) is 12.3 Å². The minimum absolute atomic E-state index is 0.0284. The molecule has 0 aliphatic rings. The summed E-state index contributed by atoms with van der Waals surface area (Å²) in [5.41, 5.74) is 13.9. The van der Waals surface area contributed by atoms with E-state index in [1.54, 1.807) is 32.2 Å². The van der Waals surface area contributed by atoms with Gasteiger partial charge >= 0.3 is 5.97 Å². The van der Waals surface area contributed by atoms with Gasteiger partial charge < -0.3 is 16.2 Å². The molecule has 0 radical (unpaired) electrons. The number of halogens is 1. The zero-order chi connectivity index (χ0) is 16.3. The first-order valence-corrected chi connectivity index (χ1v) is 7.06. The monoisotopic (exact) mass is 320 g/mol. The zero-order valence-electron chi connectivity index (χ0n) is 12.3.